The van der Waals surface area contributed by atoms with Crippen LogP contribution < -0.4 is 4.72 Å². The largest absolute Gasteiger partial charge is 0.270 e. The van der Waals surface area contributed by atoms with Gasteiger partial charge in [-0.05, 0) is 6.07 Å². The second-order valence-electron chi connectivity index (χ2n) is 3.52. The first-order valence-electron chi connectivity index (χ1n) is 5.06. The number of aromatic amines is 1. The Bertz CT molecular complexity index is 731. The molecule has 0 amide bonds. The molecule has 0 unspecified atom stereocenters. The number of hydrogen-bond acceptors (Lipinski definition) is 7. The summed E-state index contributed by atoms with van der Waals surface area (Å²) >= 11 is 0. The molecule has 106 valence electrons. The van der Waals surface area contributed by atoms with Gasteiger partial charge < -0.3 is 0 Å². The van der Waals surface area contributed by atoms with Crippen molar-refractivity contribution in [3.8, 4) is 0 Å². The maximum absolute atomic E-state index is 13.5. The zero-order chi connectivity index (χ0) is 14.8. The van der Waals surface area contributed by atoms with Gasteiger partial charge in [-0.15, -0.1) is 10.2 Å². The van der Waals surface area contributed by atoms with Gasteiger partial charge in [0.15, 0.2) is 5.82 Å². The Morgan fingerprint density at radius 3 is 2.80 bits per heavy atom. The molecule has 0 spiro atoms. The van der Waals surface area contributed by atoms with Crippen LogP contribution in [0.5, 0.6) is 0 Å². The molecule has 2 rings (SSSR count). The topological polar surface area (TPSA) is 144 Å². The fraction of sp³-hybridized carbons (Fsp3) is 0.125. The molecule has 12 heteroatoms. The highest BCUT2D eigenvalue weighted by Crippen LogP contribution is 2.20. The maximum atomic E-state index is 13.5. The first-order valence-corrected chi connectivity index (χ1v) is 6.54. The van der Waals surface area contributed by atoms with Crippen LogP contribution in [0.3, 0.4) is 0 Å². The molecular weight excluding hydrogens is 295 g/mol. The van der Waals surface area contributed by atoms with Gasteiger partial charge in [0.2, 0.25) is 10.0 Å². The lowest BCUT2D eigenvalue weighted by Crippen LogP contribution is -2.25. The van der Waals surface area contributed by atoms with Gasteiger partial charge in [-0.1, -0.05) is 5.21 Å². The summed E-state index contributed by atoms with van der Waals surface area (Å²) in [5.41, 5.74) is -0.536. The highest BCUT2D eigenvalue weighted by Gasteiger charge is 2.22. The zero-order valence-corrected chi connectivity index (χ0v) is 10.5. The van der Waals surface area contributed by atoms with E-state index < -0.39 is 31.3 Å². The van der Waals surface area contributed by atoms with Crippen LogP contribution in [0.2, 0.25) is 0 Å². The van der Waals surface area contributed by atoms with Crippen molar-refractivity contribution in [2.24, 2.45) is 0 Å². The van der Waals surface area contributed by atoms with E-state index in [1.807, 2.05) is 4.72 Å². The van der Waals surface area contributed by atoms with Crippen molar-refractivity contribution in [1.82, 2.24) is 25.3 Å². The SMILES string of the molecule is O=[N+]([O-])c1ccc(F)c(S(=O)(=O)NCc2nn[nH]n2)c1. The zero-order valence-electron chi connectivity index (χ0n) is 9.65. The third-order valence-corrected chi connectivity index (χ3v) is 3.64. The van der Waals surface area contributed by atoms with Crippen molar-refractivity contribution in [3.63, 3.8) is 0 Å². The second-order valence-corrected chi connectivity index (χ2v) is 5.26. The fourth-order valence-corrected chi connectivity index (χ4v) is 2.38. The van der Waals surface area contributed by atoms with Crippen LogP contribution in [-0.2, 0) is 16.6 Å². The van der Waals surface area contributed by atoms with Crippen LogP contribution in [0.1, 0.15) is 5.82 Å². The standard InChI is InChI=1S/C8H7FN6O4S/c9-6-2-1-5(15(16)17)3-7(6)20(18,19)10-4-8-11-13-14-12-8/h1-3,10H,4H2,(H,11,12,13,14). The van der Waals surface area contributed by atoms with Gasteiger partial charge in [0.05, 0.1) is 11.5 Å². The van der Waals surface area contributed by atoms with Gasteiger partial charge in [0.1, 0.15) is 10.7 Å². The van der Waals surface area contributed by atoms with Gasteiger partial charge in [-0.2, -0.15) is 5.21 Å². The molecule has 1 aromatic carbocycles. The minimum absolute atomic E-state index is 0.0411. The molecule has 0 saturated heterocycles. The summed E-state index contributed by atoms with van der Waals surface area (Å²) in [4.78, 5) is 8.93. The average molecular weight is 302 g/mol. The highest BCUT2D eigenvalue weighted by atomic mass is 32.2. The predicted molar refractivity (Wildman–Crippen MR) is 61.3 cm³/mol. The maximum Gasteiger partial charge on any atom is 0.270 e. The number of nitro benzene ring substituents is 1. The Morgan fingerprint density at radius 1 is 1.45 bits per heavy atom. The number of nitrogens with zero attached hydrogens (tertiary/aromatic N) is 4. The average Bonchev–Trinajstić information content (AvgIpc) is 2.89. The number of H-pyrrole nitrogens is 1. The highest BCUT2D eigenvalue weighted by molar-refractivity contribution is 7.89. The van der Waals surface area contributed by atoms with Crippen LogP contribution >= 0.6 is 0 Å². The van der Waals surface area contributed by atoms with Crippen molar-refractivity contribution in [2.75, 3.05) is 0 Å². The van der Waals surface area contributed by atoms with Gasteiger partial charge in [-0.25, -0.2) is 17.5 Å². The number of sulfonamides is 1. The number of hydrogen-bond donors (Lipinski definition) is 2. The second kappa shape index (κ2) is 5.26. The minimum Gasteiger partial charge on any atom is -0.258 e. The molecule has 2 N–H and O–H groups in total. The van der Waals surface area contributed by atoms with Gasteiger partial charge in [0.25, 0.3) is 5.69 Å². The molecule has 0 saturated carbocycles. The molecular formula is C8H7FN6O4S. The molecule has 1 heterocycles. The van der Waals surface area contributed by atoms with E-state index in [1.54, 1.807) is 0 Å². The van der Waals surface area contributed by atoms with E-state index in [2.05, 4.69) is 20.6 Å². The summed E-state index contributed by atoms with van der Waals surface area (Å²) in [7, 11) is -4.27. The molecule has 0 aliphatic heterocycles. The quantitative estimate of drug-likeness (QED) is 0.571. The molecule has 2 aromatic rings. The lowest BCUT2D eigenvalue weighted by molar-refractivity contribution is -0.385. The Kier molecular flexibility index (Phi) is 3.67. The van der Waals surface area contributed by atoms with E-state index >= 15 is 0 Å². The molecule has 0 fully saturated rings. The molecule has 0 atom stereocenters. The number of halogens is 1. The van der Waals surface area contributed by atoms with Crippen molar-refractivity contribution in [2.45, 2.75) is 11.4 Å². The van der Waals surface area contributed by atoms with Crippen LogP contribution in [0.25, 0.3) is 0 Å². The summed E-state index contributed by atoms with van der Waals surface area (Å²) in [6.07, 6.45) is 0. The first-order chi connectivity index (χ1) is 9.40. The molecule has 10 nitrogen and oxygen atoms in total. The third kappa shape index (κ3) is 2.92. The molecule has 20 heavy (non-hydrogen) atoms. The summed E-state index contributed by atoms with van der Waals surface area (Å²) < 4.78 is 39.2. The first kappa shape index (κ1) is 14.0. The van der Waals surface area contributed by atoms with Crippen molar-refractivity contribution in [3.05, 3.63) is 40.0 Å². The van der Waals surface area contributed by atoms with Crippen molar-refractivity contribution in [1.29, 1.82) is 0 Å². The van der Waals surface area contributed by atoms with E-state index in [4.69, 9.17) is 0 Å². The molecule has 1 aromatic heterocycles. The smallest absolute Gasteiger partial charge is 0.258 e. The number of benzene rings is 1. The Hall–Kier alpha value is -2.47. The number of nitro groups is 1. The fourth-order valence-electron chi connectivity index (χ4n) is 1.31. The van der Waals surface area contributed by atoms with Crippen LogP contribution in [-0.4, -0.2) is 34.0 Å². The normalized spacial score (nSPS) is 11.4. The molecule has 0 bridgehead atoms. The monoisotopic (exact) mass is 302 g/mol. The Morgan fingerprint density at radius 2 is 2.20 bits per heavy atom. The molecule has 0 aliphatic rings. The van der Waals surface area contributed by atoms with Gasteiger partial charge in [0, 0.05) is 12.1 Å². The van der Waals surface area contributed by atoms with Crippen molar-refractivity contribution < 1.29 is 17.7 Å². The van der Waals surface area contributed by atoms with Crippen LogP contribution in [0, 0.1) is 15.9 Å². The summed E-state index contributed by atoms with van der Waals surface area (Å²) in [6.45, 7) is -0.332. The van der Waals surface area contributed by atoms with E-state index in [9.17, 15) is 22.9 Å². The van der Waals surface area contributed by atoms with Crippen LogP contribution in [0.4, 0.5) is 10.1 Å². The lowest BCUT2D eigenvalue weighted by Gasteiger charge is -2.05. The van der Waals surface area contributed by atoms with E-state index in [-0.39, 0.29) is 12.4 Å². The lowest BCUT2D eigenvalue weighted by atomic mass is 10.3. The summed E-state index contributed by atoms with van der Waals surface area (Å²) in [6, 6.07) is 2.21. The van der Waals surface area contributed by atoms with Gasteiger partial charge >= 0.3 is 0 Å². The number of nitrogens with one attached hydrogen (secondary N) is 2. The number of aromatic nitrogens is 4. The summed E-state index contributed by atoms with van der Waals surface area (Å²) in [5, 5.41) is 22.9. The number of rotatable bonds is 5. The minimum atomic E-state index is -4.27. The van der Waals surface area contributed by atoms with Gasteiger partial charge in [-0.3, -0.25) is 10.1 Å². The number of non-ortho nitro benzene ring substituents is 1. The van der Waals surface area contributed by atoms with Crippen molar-refractivity contribution >= 4 is 15.7 Å². The van der Waals surface area contributed by atoms with E-state index in [0.29, 0.717) is 12.1 Å². The molecule has 0 aliphatic carbocycles. The Labute approximate surface area is 111 Å². The van der Waals surface area contributed by atoms with Crippen LogP contribution in [0.15, 0.2) is 23.1 Å². The van der Waals surface area contributed by atoms with E-state index in [1.165, 1.54) is 0 Å². The molecule has 0 radical (unpaired) electrons. The predicted octanol–water partition coefficient (Wildman–Crippen LogP) is -0.275. The summed E-state index contributed by atoms with van der Waals surface area (Å²) in [5.74, 6) is -1.06. The third-order valence-electron chi connectivity index (χ3n) is 2.22. The number of tetrazole rings is 1. The van der Waals surface area contributed by atoms with E-state index in [0.717, 1.165) is 6.07 Å². The Balaban J connectivity index is 2.28.